The van der Waals surface area contributed by atoms with Crippen molar-refractivity contribution in [1.29, 1.82) is 0 Å². The largest absolute Gasteiger partial charge is 0.481 e. The minimum absolute atomic E-state index is 0.358. The molecule has 102 valence electrons. The molecule has 0 amide bonds. The van der Waals surface area contributed by atoms with Crippen LogP contribution in [0.1, 0.15) is 6.42 Å². The first-order valence-electron chi connectivity index (χ1n) is 5.23. The molecule has 1 heterocycles. The molecule has 0 aromatic rings. The molecule has 0 radical (unpaired) electrons. The Kier molecular flexibility index (Phi) is 8.16. The van der Waals surface area contributed by atoms with Gasteiger partial charge < -0.3 is 26.0 Å². The number of hydrogen-bond donors (Lipinski definition) is 5. The molecular formula is C10H16N2O6. The molecule has 8 heteroatoms. The fraction of sp³-hybridized carbons (Fsp3) is 0.500. The Balaban J connectivity index is 0.000000397. The summed E-state index contributed by atoms with van der Waals surface area (Å²) < 4.78 is 0. The molecule has 0 aromatic heterocycles. The lowest BCUT2D eigenvalue weighted by atomic mass is 10.2. The molecule has 1 rings (SSSR count). The lowest BCUT2D eigenvalue weighted by Gasteiger charge is -2.11. The summed E-state index contributed by atoms with van der Waals surface area (Å²) in [6.45, 7) is 4.56. The molecule has 18 heavy (non-hydrogen) atoms. The molecule has 1 fully saturated rings. The summed E-state index contributed by atoms with van der Waals surface area (Å²) in [5.41, 5.74) is -0.657. The van der Waals surface area contributed by atoms with Crippen molar-refractivity contribution < 1.29 is 29.7 Å². The van der Waals surface area contributed by atoms with E-state index in [9.17, 15) is 14.4 Å². The van der Waals surface area contributed by atoms with Gasteiger partial charge in [-0.05, 0) is 0 Å². The molecule has 1 aliphatic rings. The predicted molar refractivity (Wildman–Crippen MR) is 61.3 cm³/mol. The van der Waals surface area contributed by atoms with Gasteiger partial charge in [0.1, 0.15) is 0 Å². The lowest BCUT2D eigenvalue weighted by Crippen LogP contribution is -2.39. The second-order valence-corrected chi connectivity index (χ2v) is 3.38. The monoisotopic (exact) mass is 260 g/mol. The summed E-state index contributed by atoms with van der Waals surface area (Å²) in [5, 5.41) is 31.0. The van der Waals surface area contributed by atoms with Crippen LogP contribution in [-0.4, -0.2) is 59.4 Å². The van der Waals surface area contributed by atoms with Crippen LogP contribution in [0.4, 0.5) is 0 Å². The van der Waals surface area contributed by atoms with E-state index in [-0.39, 0.29) is 0 Å². The average molecular weight is 260 g/mol. The van der Waals surface area contributed by atoms with Crippen molar-refractivity contribution in [1.82, 2.24) is 10.6 Å². The van der Waals surface area contributed by atoms with Crippen molar-refractivity contribution >= 4 is 17.9 Å². The molecule has 8 nitrogen and oxygen atoms in total. The first-order chi connectivity index (χ1) is 8.43. The van der Waals surface area contributed by atoms with E-state index in [1.807, 2.05) is 0 Å². The quantitative estimate of drug-likeness (QED) is 0.395. The third-order valence-electron chi connectivity index (χ3n) is 1.87. The van der Waals surface area contributed by atoms with Crippen LogP contribution < -0.4 is 10.6 Å². The lowest BCUT2D eigenvalue weighted by molar-refractivity contribution is -0.140. The number of piperazine rings is 1. The van der Waals surface area contributed by atoms with E-state index in [1.54, 1.807) is 0 Å². The second-order valence-electron chi connectivity index (χ2n) is 3.38. The van der Waals surface area contributed by atoms with Gasteiger partial charge in [-0.15, -0.1) is 0 Å². The fourth-order valence-electron chi connectivity index (χ4n) is 1.10. The van der Waals surface area contributed by atoms with Crippen molar-refractivity contribution in [2.45, 2.75) is 6.42 Å². The van der Waals surface area contributed by atoms with Crippen LogP contribution in [0.2, 0.25) is 0 Å². The summed E-state index contributed by atoms with van der Waals surface area (Å²) in [6, 6.07) is 0. The van der Waals surface area contributed by atoms with Gasteiger partial charge in [-0.3, -0.25) is 4.79 Å². The molecular weight excluding hydrogens is 244 g/mol. The molecule has 0 aliphatic carbocycles. The number of aliphatic carboxylic acids is 3. The molecule has 1 aliphatic heterocycles. The zero-order valence-corrected chi connectivity index (χ0v) is 9.68. The molecule has 0 spiro atoms. The molecule has 0 bridgehead atoms. The Morgan fingerprint density at radius 1 is 0.944 bits per heavy atom. The summed E-state index contributed by atoms with van der Waals surface area (Å²) >= 11 is 0. The van der Waals surface area contributed by atoms with Crippen LogP contribution in [-0.2, 0) is 14.4 Å². The zero-order chi connectivity index (χ0) is 14.0. The summed E-state index contributed by atoms with van der Waals surface area (Å²) in [7, 11) is 0. The fourth-order valence-corrected chi connectivity index (χ4v) is 1.10. The minimum Gasteiger partial charge on any atom is -0.481 e. The van der Waals surface area contributed by atoms with E-state index in [0.29, 0.717) is 6.08 Å². The van der Waals surface area contributed by atoms with Crippen LogP contribution in [0.3, 0.4) is 0 Å². The Bertz CT molecular complexity index is 324. The number of carboxylic acid groups (broad SMARTS) is 3. The van der Waals surface area contributed by atoms with Crippen LogP contribution in [0.5, 0.6) is 0 Å². The van der Waals surface area contributed by atoms with Gasteiger partial charge in [0, 0.05) is 32.3 Å². The maximum absolute atomic E-state index is 10.2. The summed E-state index contributed by atoms with van der Waals surface area (Å²) in [4.78, 5) is 30.1. The standard InChI is InChI=1S/C6H6O6.C4H10N2/c7-4(8)1-3(6(11)12)2-5(9)10;1-2-6-4-3-5-1/h1H,2H2,(H,7,8)(H,9,10)(H,11,12);5-6H,1-4H2. The third-order valence-corrected chi connectivity index (χ3v) is 1.87. The Morgan fingerprint density at radius 3 is 1.61 bits per heavy atom. The number of hydrogen-bond acceptors (Lipinski definition) is 5. The van der Waals surface area contributed by atoms with Crippen LogP contribution in [0.15, 0.2) is 11.6 Å². The van der Waals surface area contributed by atoms with Crippen molar-refractivity contribution in [2.75, 3.05) is 26.2 Å². The van der Waals surface area contributed by atoms with Crippen molar-refractivity contribution in [3.63, 3.8) is 0 Å². The van der Waals surface area contributed by atoms with Gasteiger partial charge in [-0.1, -0.05) is 0 Å². The number of rotatable bonds is 4. The highest BCUT2D eigenvalue weighted by Gasteiger charge is 2.12. The number of carbonyl (C=O) groups is 3. The second kappa shape index (κ2) is 9.14. The molecule has 5 N–H and O–H groups in total. The van der Waals surface area contributed by atoms with Gasteiger partial charge >= 0.3 is 17.9 Å². The van der Waals surface area contributed by atoms with Gasteiger partial charge in [-0.25, -0.2) is 9.59 Å². The highest BCUT2D eigenvalue weighted by atomic mass is 16.4. The van der Waals surface area contributed by atoms with Gasteiger partial charge in [-0.2, -0.15) is 0 Å². The van der Waals surface area contributed by atoms with Crippen molar-refractivity contribution in [3.8, 4) is 0 Å². The summed E-state index contributed by atoms with van der Waals surface area (Å²) in [6.07, 6.45) is -0.446. The SMILES string of the molecule is C1CNCCN1.O=C(O)C=C(CC(=O)O)C(=O)O. The Hall–Kier alpha value is -1.93. The normalized spacial score (nSPS) is 15.2. The van der Waals surface area contributed by atoms with E-state index in [0.717, 1.165) is 26.2 Å². The maximum Gasteiger partial charge on any atom is 0.332 e. The Morgan fingerprint density at radius 2 is 1.39 bits per heavy atom. The first kappa shape index (κ1) is 16.1. The van der Waals surface area contributed by atoms with Crippen LogP contribution >= 0.6 is 0 Å². The molecule has 0 saturated carbocycles. The molecule has 0 unspecified atom stereocenters. The highest BCUT2D eigenvalue weighted by Crippen LogP contribution is 2.00. The third kappa shape index (κ3) is 9.31. The van der Waals surface area contributed by atoms with E-state index < -0.39 is 29.9 Å². The summed E-state index contributed by atoms with van der Waals surface area (Å²) in [5.74, 6) is -4.40. The highest BCUT2D eigenvalue weighted by molar-refractivity contribution is 5.98. The minimum atomic E-state index is -1.54. The van der Waals surface area contributed by atoms with Gasteiger partial charge in [0.25, 0.3) is 0 Å². The van der Waals surface area contributed by atoms with Crippen LogP contribution in [0, 0.1) is 0 Å². The predicted octanol–water partition coefficient (Wildman–Crippen LogP) is -1.26. The van der Waals surface area contributed by atoms with Gasteiger partial charge in [0.05, 0.1) is 12.0 Å². The molecule has 1 saturated heterocycles. The zero-order valence-electron chi connectivity index (χ0n) is 9.68. The van der Waals surface area contributed by atoms with Crippen LogP contribution in [0.25, 0.3) is 0 Å². The van der Waals surface area contributed by atoms with Crippen molar-refractivity contribution in [2.24, 2.45) is 0 Å². The number of carboxylic acids is 3. The van der Waals surface area contributed by atoms with Gasteiger partial charge in [0.2, 0.25) is 0 Å². The van der Waals surface area contributed by atoms with Gasteiger partial charge in [0.15, 0.2) is 0 Å². The van der Waals surface area contributed by atoms with E-state index in [2.05, 4.69) is 10.6 Å². The Labute approximate surface area is 103 Å². The van der Waals surface area contributed by atoms with E-state index in [4.69, 9.17) is 15.3 Å². The average Bonchev–Trinajstić information content (AvgIpc) is 2.30. The van der Waals surface area contributed by atoms with Crippen molar-refractivity contribution in [3.05, 3.63) is 11.6 Å². The topological polar surface area (TPSA) is 136 Å². The van der Waals surface area contributed by atoms with E-state index in [1.165, 1.54) is 0 Å². The van der Waals surface area contributed by atoms with E-state index >= 15 is 0 Å². The first-order valence-corrected chi connectivity index (χ1v) is 5.23. The number of nitrogens with one attached hydrogen (secondary N) is 2. The molecule has 0 atom stereocenters. The smallest absolute Gasteiger partial charge is 0.332 e. The molecule has 0 aromatic carbocycles. The maximum atomic E-state index is 10.2.